The lowest BCUT2D eigenvalue weighted by Crippen LogP contribution is -2.34. The lowest BCUT2D eigenvalue weighted by Gasteiger charge is -2.24. The Morgan fingerprint density at radius 3 is 2.47 bits per heavy atom. The maximum Gasteiger partial charge on any atom is 0.245 e. The summed E-state index contributed by atoms with van der Waals surface area (Å²) in [6, 6.07) is 0. The van der Waals surface area contributed by atoms with E-state index in [1.807, 2.05) is 13.8 Å². The first-order chi connectivity index (χ1) is 8.69. The molecule has 1 aromatic heterocycles. The molecule has 0 fully saturated rings. The second-order valence-electron chi connectivity index (χ2n) is 5.47. The predicted molar refractivity (Wildman–Crippen MR) is 71.3 cm³/mol. The number of aryl methyl sites for hydroxylation is 2. The highest BCUT2D eigenvalue weighted by molar-refractivity contribution is 7.89. The van der Waals surface area contributed by atoms with Crippen LogP contribution in [0, 0.1) is 19.3 Å². The lowest BCUT2D eigenvalue weighted by molar-refractivity contribution is 0.242. The second kappa shape index (κ2) is 6.02. The van der Waals surface area contributed by atoms with Gasteiger partial charge in [0.15, 0.2) is 5.76 Å². The van der Waals surface area contributed by atoms with Gasteiger partial charge in [0.25, 0.3) is 0 Å². The van der Waals surface area contributed by atoms with Crippen LogP contribution in [0.1, 0.15) is 38.1 Å². The van der Waals surface area contributed by atoms with Crippen molar-refractivity contribution in [3.05, 3.63) is 11.5 Å². The summed E-state index contributed by atoms with van der Waals surface area (Å²) in [7, 11) is -3.61. The molecule has 6 nitrogen and oxygen atoms in total. The number of rotatable bonds is 7. The van der Waals surface area contributed by atoms with Crippen LogP contribution in [0.25, 0.3) is 0 Å². The third kappa shape index (κ3) is 4.29. The highest BCUT2D eigenvalue weighted by Gasteiger charge is 2.27. The summed E-state index contributed by atoms with van der Waals surface area (Å²) in [6.07, 6.45) is 1.40. The smallest absolute Gasteiger partial charge is 0.245 e. The van der Waals surface area contributed by atoms with Gasteiger partial charge in [-0.3, -0.25) is 0 Å². The minimum absolute atomic E-state index is 0.111. The molecule has 1 aromatic rings. The fourth-order valence-corrected chi connectivity index (χ4v) is 3.43. The van der Waals surface area contributed by atoms with Gasteiger partial charge in [-0.15, -0.1) is 0 Å². The third-order valence-electron chi connectivity index (χ3n) is 2.99. The number of hydrogen-bond donors (Lipinski definition) is 2. The Bertz CT molecular complexity index is 500. The maximum absolute atomic E-state index is 12.2. The Kier molecular flexibility index (Phi) is 5.11. The standard InChI is InChI=1S/C12H22N2O4S/c1-9-11(10(2)18-14-9)19(16,17)13-8-12(3,4)6-5-7-15/h13,15H,5-8H2,1-4H3. The van der Waals surface area contributed by atoms with E-state index in [9.17, 15) is 8.42 Å². The number of aliphatic hydroxyl groups is 1. The van der Waals surface area contributed by atoms with Gasteiger partial charge in [0.1, 0.15) is 10.6 Å². The predicted octanol–water partition coefficient (Wildman–Crippen LogP) is 1.37. The van der Waals surface area contributed by atoms with Crippen LogP contribution in [0.5, 0.6) is 0 Å². The normalized spacial score (nSPS) is 12.9. The molecule has 0 unspecified atom stereocenters. The monoisotopic (exact) mass is 290 g/mol. The number of aromatic nitrogens is 1. The van der Waals surface area contributed by atoms with Gasteiger partial charge in [-0.1, -0.05) is 19.0 Å². The van der Waals surface area contributed by atoms with E-state index in [0.29, 0.717) is 18.7 Å². The van der Waals surface area contributed by atoms with Crippen LogP contribution >= 0.6 is 0 Å². The fraction of sp³-hybridized carbons (Fsp3) is 0.750. The number of aliphatic hydroxyl groups excluding tert-OH is 1. The van der Waals surface area contributed by atoms with Crippen molar-refractivity contribution in [3.8, 4) is 0 Å². The summed E-state index contributed by atoms with van der Waals surface area (Å²) in [5, 5.41) is 12.5. The molecule has 1 rings (SSSR count). The molecule has 110 valence electrons. The van der Waals surface area contributed by atoms with Crippen molar-refractivity contribution in [1.82, 2.24) is 9.88 Å². The molecule has 0 amide bonds. The summed E-state index contributed by atoms with van der Waals surface area (Å²) in [5.74, 6) is 0.290. The maximum atomic E-state index is 12.2. The van der Waals surface area contributed by atoms with E-state index in [1.54, 1.807) is 13.8 Å². The quantitative estimate of drug-likeness (QED) is 0.791. The van der Waals surface area contributed by atoms with Crippen LogP contribution in [0.2, 0.25) is 0 Å². The third-order valence-corrected chi connectivity index (χ3v) is 4.63. The Hall–Kier alpha value is -0.920. The Morgan fingerprint density at radius 1 is 1.37 bits per heavy atom. The van der Waals surface area contributed by atoms with Gasteiger partial charge >= 0.3 is 0 Å². The van der Waals surface area contributed by atoms with E-state index < -0.39 is 10.0 Å². The minimum Gasteiger partial charge on any atom is -0.396 e. The summed E-state index contributed by atoms with van der Waals surface area (Å²) in [4.78, 5) is 0.116. The van der Waals surface area contributed by atoms with Gasteiger partial charge in [0.05, 0.1) is 0 Å². The first-order valence-electron chi connectivity index (χ1n) is 6.23. The van der Waals surface area contributed by atoms with Crippen LogP contribution in [-0.4, -0.2) is 31.8 Å². The molecule has 0 aliphatic rings. The van der Waals surface area contributed by atoms with E-state index in [4.69, 9.17) is 9.63 Å². The fourth-order valence-electron chi connectivity index (χ4n) is 1.87. The van der Waals surface area contributed by atoms with Gasteiger partial charge in [-0.05, 0) is 32.1 Å². The van der Waals surface area contributed by atoms with Gasteiger partial charge in [0, 0.05) is 13.2 Å². The van der Waals surface area contributed by atoms with E-state index in [-0.39, 0.29) is 22.7 Å². The van der Waals surface area contributed by atoms with Gasteiger partial charge in [-0.2, -0.15) is 0 Å². The minimum atomic E-state index is -3.61. The molecule has 0 saturated heterocycles. The van der Waals surface area contributed by atoms with E-state index in [1.165, 1.54) is 0 Å². The average Bonchev–Trinajstić information content (AvgIpc) is 2.65. The van der Waals surface area contributed by atoms with Crippen LogP contribution in [0.15, 0.2) is 9.42 Å². The van der Waals surface area contributed by atoms with Crippen molar-refractivity contribution in [1.29, 1.82) is 0 Å². The van der Waals surface area contributed by atoms with Crippen molar-refractivity contribution in [2.24, 2.45) is 5.41 Å². The molecule has 7 heteroatoms. The highest BCUT2D eigenvalue weighted by Crippen LogP contribution is 2.23. The Morgan fingerprint density at radius 2 is 2.00 bits per heavy atom. The molecule has 0 aromatic carbocycles. The first-order valence-corrected chi connectivity index (χ1v) is 7.71. The molecular weight excluding hydrogens is 268 g/mol. The molecule has 0 atom stereocenters. The van der Waals surface area contributed by atoms with Gasteiger partial charge in [0.2, 0.25) is 10.0 Å². The number of nitrogens with zero attached hydrogens (tertiary/aromatic N) is 1. The van der Waals surface area contributed by atoms with Crippen LogP contribution in [0.3, 0.4) is 0 Å². The molecule has 2 N–H and O–H groups in total. The van der Waals surface area contributed by atoms with Crippen molar-refractivity contribution in [2.45, 2.75) is 45.4 Å². The first kappa shape index (κ1) is 16.1. The molecule has 0 aliphatic heterocycles. The summed E-state index contributed by atoms with van der Waals surface area (Å²) < 4.78 is 31.8. The number of hydrogen-bond acceptors (Lipinski definition) is 5. The summed E-state index contributed by atoms with van der Waals surface area (Å²) >= 11 is 0. The Balaban J connectivity index is 2.77. The van der Waals surface area contributed by atoms with Crippen molar-refractivity contribution < 1.29 is 18.0 Å². The van der Waals surface area contributed by atoms with Crippen molar-refractivity contribution in [2.75, 3.05) is 13.2 Å². The topological polar surface area (TPSA) is 92.4 Å². The van der Waals surface area contributed by atoms with Gasteiger partial charge in [-0.25, -0.2) is 13.1 Å². The molecule has 0 spiro atoms. The summed E-state index contributed by atoms with van der Waals surface area (Å²) in [6.45, 7) is 7.50. The molecule has 1 heterocycles. The second-order valence-corrected chi connectivity index (χ2v) is 7.17. The lowest BCUT2D eigenvalue weighted by atomic mass is 9.88. The molecular formula is C12H22N2O4S. The summed E-state index contributed by atoms with van der Waals surface area (Å²) in [5.41, 5.74) is 0.146. The molecule has 0 bridgehead atoms. The molecule has 19 heavy (non-hydrogen) atoms. The van der Waals surface area contributed by atoms with Crippen molar-refractivity contribution >= 4 is 10.0 Å². The van der Waals surface area contributed by atoms with E-state index in [0.717, 1.165) is 6.42 Å². The molecule has 0 radical (unpaired) electrons. The SMILES string of the molecule is Cc1noc(C)c1S(=O)(=O)NCC(C)(C)CCCO. The van der Waals surface area contributed by atoms with Crippen LogP contribution in [0.4, 0.5) is 0 Å². The highest BCUT2D eigenvalue weighted by atomic mass is 32.2. The van der Waals surface area contributed by atoms with Crippen LogP contribution in [-0.2, 0) is 10.0 Å². The number of sulfonamides is 1. The van der Waals surface area contributed by atoms with Crippen molar-refractivity contribution in [3.63, 3.8) is 0 Å². The zero-order valence-corrected chi connectivity index (χ0v) is 12.7. The Labute approximate surface area is 114 Å². The van der Waals surface area contributed by atoms with Crippen LogP contribution < -0.4 is 4.72 Å². The largest absolute Gasteiger partial charge is 0.396 e. The zero-order valence-electron chi connectivity index (χ0n) is 11.9. The number of nitrogens with one attached hydrogen (secondary N) is 1. The average molecular weight is 290 g/mol. The van der Waals surface area contributed by atoms with Gasteiger partial charge < -0.3 is 9.63 Å². The van der Waals surface area contributed by atoms with E-state index >= 15 is 0 Å². The van der Waals surface area contributed by atoms with E-state index in [2.05, 4.69) is 9.88 Å². The zero-order chi connectivity index (χ0) is 14.7. The molecule has 0 saturated carbocycles. The molecule has 0 aliphatic carbocycles.